The lowest BCUT2D eigenvalue weighted by molar-refractivity contribution is 0.166. The van der Waals surface area contributed by atoms with E-state index in [0.29, 0.717) is 29.1 Å². The third kappa shape index (κ3) is 3.37. The number of hydrogen-bond donors (Lipinski definition) is 1. The van der Waals surface area contributed by atoms with Gasteiger partial charge in [0.15, 0.2) is 0 Å². The molecular weight excluding hydrogens is 474 g/mol. The molecular formula is C23H24BrN5OS. The molecule has 0 amide bonds. The molecule has 1 aliphatic carbocycles. The van der Waals surface area contributed by atoms with E-state index in [1.165, 1.54) is 12.0 Å². The number of nitrogens with one attached hydrogen (secondary N) is 1. The van der Waals surface area contributed by atoms with Gasteiger partial charge in [0.2, 0.25) is 10.5 Å². The van der Waals surface area contributed by atoms with Crippen molar-refractivity contribution in [1.29, 1.82) is 0 Å². The third-order valence-electron chi connectivity index (χ3n) is 6.28. The maximum absolute atomic E-state index is 13.1. The maximum Gasteiger partial charge on any atom is 0.262 e. The first-order chi connectivity index (χ1) is 15.0. The topological polar surface area (TPSA) is 56.3 Å². The van der Waals surface area contributed by atoms with Crippen LogP contribution in [0.3, 0.4) is 0 Å². The predicted octanol–water partition coefficient (Wildman–Crippen LogP) is 4.98. The van der Waals surface area contributed by atoms with Crippen molar-refractivity contribution >= 4 is 44.8 Å². The number of hydrogen-bond acceptors (Lipinski definition) is 4. The molecule has 0 saturated heterocycles. The molecule has 1 N–H and O–H groups in total. The summed E-state index contributed by atoms with van der Waals surface area (Å²) in [5.41, 5.74) is 1.99. The zero-order valence-electron chi connectivity index (χ0n) is 17.3. The predicted molar refractivity (Wildman–Crippen MR) is 129 cm³/mol. The molecule has 5 rings (SSSR count). The fourth-order valence-electron chi connectivity index (χ4n) is 4.51. The number of fused-ring (bicyclic) bond motifs is 3. The Labute approximate surface area is 193 Å². The van der Waals surface area contributed by atoms with Crippen molar-refractivity contribution in [3.8, 4) is 0 Å². The van der Waals surface area contributed by atoms with Crippen molar-refractivity contribution in [1.82, 2.24) is 24.1 Å². The monoisotopic (exact) mass is 497 g/mol. The summed E-state index contributed by atoms with van der Waals surface area (Å²) in [7, 11) is 0. The highest BCUT2D eigenvalue weighted by atomic mass is 79.9. The number of para-hydroxylation sites is 1. The van der Waals surface area contributed by atoms with Gasteiger partial charge in [-0.25, -0.2) is 4.68 Å². The van der Waals surface area contributed by atoms with Crippen LogP contribution in [0.4, 0.5) is 0 Å². The van der Waals surface area contributed by atoms with Crippen molar-refractivity contribution in [2.75, 3.05) is 0 Å². The number of rotatable bonds is 6. The zero-order chi connectivity index (χ0) is 21.6. The van der Waals surface area contributed by atoms with Crippen LogP contribution in [-0.4, -0.2) is 18.7 Å². The van der Waals surface area contributed by atoms with Crippen molar-refractivity contribution in [2.24, 2.45) is 0 Å². The van der Waals surface area contributed by atoms with Gasteiger partial charge in [-0.15, -0.1) is 5.10 Å². The van der Waals surface area contributed by atoms with E-state index in [1.54, 1.807) is 9.25 Å². The van der Waals surface area contributed by atoms with Crippen LogP contribution in [0.25, 0.3) is 16.7 Å². The summed E-state index contributed by atoms with van der Waals surface area (Å²) in [4.78, 5) is 13.1. The fourth-order valence-corrected chi connectivity index (χ4v) is 5.19. The molecule has 6 nitrogen and oxygen atoms in total. The minimum atomic E-state index is -0.0699. The van der Waals surface area contributed by atoms with Gasteiger partial charge in [-0.1, -0.05) is 47.1 Å². The van der Waals surface area contributed by atoms with E-state index in [1.807, 2.05) is 34.7 Å². The van der Waals surface area contributed by atoms with Crippen molar-refractivity contribution in [2.45, 2.75) is 51.4 Å². The summed E-state index contributed by atoms with van der Waals surface area (Å²) in [6.07, 6.45) is 4.19. The molecule has 0 atom stereocenters. The van der Waals surface area contributed by atoms with Crippen LogP contribution in [0.5, 0.6) is 0 Å². The van der Waals surface area contributed by atoms with Gasteiger partial charge >= 0.3 is 0 Å². The summed E-state index contributed by atoms with van der Waals surface area (Å²) >= 11 is 9.42. The molecule has 2 aromatic heterocycles. The SMILES string of the molecule is CCCn1c(=O)c2ccccc2n2c(=S)n(CNC3(c4cccc(Br)c4)CCC3)nc12. The molecule has 2 aromatic carbocycles. The molecule has 8 heteroatoms. The third-order valence-corrected chi connectivity index (χ3v) is 7.17. The Hall–Kier alpha value is -2.29. The largest absolute Gasteiger partial charge is 0.288 e. The quantitative estimate of drug-likeness (QED) is 0.381. The Morgan fingerprint density at radius 1 is 1.19 bits per heavy atom. The van der Waals surface area contributed by atoms with E-state index < -0.39 is 0 Å². The van der Waals surface area contributed by atoms with E-state index in [2.05, 4.69) is 46.4 Å². The van der Waals surface area contributed by atoms with Gasteiger partial charge in [-0.05, 0) is 67.7 Å². The summed E-state index contributed by atoms with van der Waals surface area (Å²) < 4.78 is 7.14. The second kappa shape index (κ2) is 8.00. The lowest BCUT2D eigenvalue weighted by atomic mass is 9.72. The number of nitrogens with zero attached hydrogens (tertiary/aromatic N) is 4. The van der Waals surface area contributed by atoms with Crippen LogP contribution in [0.15, 0.2) is 57.8 Å². The molecule has 31 heavy (non-hydrogen) atoms. The summed E-state index contributed by atoms with van der Waals surface area (Å²) in [5.74, 6) is 0.600. The van der Waals surface area contributed by atoms with E-state index in [4.69, 9.17) is 17.3 Å². The molecule has 1 saturated carbocycles. The minimum Gasteiger partial charge on any atom is -0.288 e. The Morgan fingerprint density at radius 3 is 2.71 bits per heavy atom. The van der Waals surface area contributed by atoms with Gasteiger partial charge in [0.05, 0.1) is 17.6 Å². The molecule has 0 radical (unpaired) electrons. The van der Waals surface area contributed by atoms with Crippen LogP contribution in [0.2, 0.25) is 0 Å². The number of halogens is 1. The molecule has 160 valence electrons. The maximum atomic E-state index is 13.1. The molecule has 1 aliphatic rings. The van der Waals surface area contributed by atoms with Crippen LogP contribution in [0.1, 0.15) is 38.2 Å². The highest BCUT2D eigenvalue weighted by Gasteiger charge is 2.38. The van der Waals surface area contributed by atoms with Crippen molar-refractivity contribution in [3.05, 3.63) is 73.7 Å². The molecule has 0 unspecified atom stereocenters. The highest BCUT2D eigenvalue weighted by Crippen LogP contribution is 2.42. The number of benzene rings is 2. The Balaban J connectivity index is 1.59. The van der Waals surface area contributed by atoms with E-state index >= 15 is 0 Å². The van der Waals surface area contributed by atoms with Gasteiger partial charge in [0, 0.05) is 16.6 Å². The Kier molecular flexibility index (Phi) is 5.32. The number of aryl methyl sites for hydroxylation is 1. The van der Waals surface area contributed by atoms with E-state index in [9.17, 15) is 4.79 Å². The van der Waals surface area contributed by atoms with Crippen molar-refractivity contribution < 1.29 is 0 Å². The van der Waals surface area contributed by atoms with Gasteiger partial charge in [0.1, 0.15) is 0 Å². The second-order valence-corrected chi connectivity index (χ2v) is 9.45. The minimum absolute atomic E-state index is 0.0188. The number of aromatic nitrogens is 4. The molecule has 4 aromatic rings. The van der Waals surface area contributed by atoms with Crippen molar-refractivity contribution in [3.63, 3.8) is 0 Å². The van der Waals surface area contributed by atoms with Crippen LogP contribution in [-0.2, 0) is 18.8 Å². The Bertz CT molecular complexity index is 1400. The standard InChI is InChI=1S/C23H24BrN5OS/c1-2-13-27-20(30)18-9-3-4-10-19(18)29-21(27)26-28(22(29)31)15-25-23(11-6-12-23)16-7-5-8-17(24)14-16/h3-5,7-10,14,25H,2,6,11-13,15H2,1H3. The van der Waals surface area contributed by atoms with Gasteiger partial charge in [0.25, 0.3) is 5.56 Å². The first-order valence-electron chi connectivity index (χ1n) is 10.7. The molecule has 0 aliphatic heterocycles. The van der Waals surface area contributed by atoms with E-state index in [-0.39, 0.29) is 11.1 Å². The molecule has 0 bridgehead atoms. The van der Waals surface area contributed by atoms with E-state index in [0.717, 1.165) is 29.3 Å². The first-order valence-corrected chi connectivity index (χ1v) is 11.9. The average Bonchev–Trinajstić information content (AvgIpc) is 3.07. The summed E-state index contributed by atoms with van der Waals surface area (Å²) in [6, 6.07) is 16.1. The first kappa shape index (κ1) is 20.6. The summed E-state index contributed by atoms with van der Waals surface area (Å²) in [5, 5.41) is 9.17. The summed E-state index contributed by atoms with van der Waals surface area (Å²) in [6.45, 7) is 3.15. The van der Waals surface area contributed by atoms with Crippen LogP contribution < -0.4 is 10.9 Å². The molecule has 2 heterocycles. The normalized spacial score (nSPS) is 15.4. The van der Waals surface area contributed by atoms with Gasteiger partial charge in [-0.2, -0.15) is 0 Å². The highest BCUT2D eigenvalue weighted by molar-refractivity contribution is 9.10. The lowest BCUT2D eigenvalue weighted by Gasteiger charge is -2.43. The van der Waals surface area contributed by atoms with Crippen LogP contribution in [0, 0.1) is 4.77 Å². The fraction of sp³-hybridized carbons (Fsp3) is 0.348. The lowest BCUT2D eigenvalue weighted by Crippen LogP contribution is -2.48. The van der Waals surface area contributed by atoms with Crippen LogP contribution >= 0.6 is 28.1 Å². The average molecular weight is 498 g/mol. The second-order valence-electron chi connectivity index (χ2n) is 8.17. The molecule has 0 spiro atoms. The van der Waals surface area contributed by atoms with Gasteiger partial charge in [-0.3, -0.25) is 19.1 Å². The smallest absolute Gasteiger partial charge is 0.262 e. The zero-order valence-corrected chi connectivity index (χ0v) is 19.7. The molecule has 1 fully saturated rings. The van der Waals surface area contributed by atoms with Gasteiger partial charge < -0.3 is 0 Å². The Morgan fingerprint density at radius 2 is 2.00 bits per heavy atom.